The average Bonchev–Trinajstić information content (AvgIpc) is 2.37. The van der Waals surface area contributed by atoms with E-state index in [9.17, 15) is 13.6 Å². The van der Waals surface area contributed by atoms with Crippen LogP contribution in [0.4, 0.5) is 8.78 Å². The lowest BCUT2D eigenvalue weighted by atomic mass is 10.1. The third-order valence-electron chi connectivity index (χ3n) is 2.08. The molecular formula is C12H9ClF2N2O2. The zero-order valence-corrected chi connectivity index (χ0v) is 10.5. The first kappa shape index (κ1) is 14.9. The van der Waals surface area contributed by atoms with Crippen LogP contribution in [0.1, 0.15) is 5.56 Å². The van der Waals surface area contributed by atoms with E-state index in [1.807, 2.05) is 0 Å². The molecular weight excluding hydrogens is 278 g/mol. The molecule has 0 radical (unpaired) electrons. The SMILES string of the molecule is CNC(=O)/C(C#N)=C/c1cc(Cl)ccc1OC(F)F. The zero-order valence-electron chi connectivity index (χ0n) is 9.78. The highest BCUT2D eigenvalue weighted by Gasteiger charge is 2.12. The summed E-state index contributed by atoms with van der Waals surface area (Å²) >= 11 is 5.74. The van der Waals surface area contributed by atoms with E-state index in [2.05, 4.69) is 10.1 Å². The fraction of sp³-hybridized carbons (Fsp3) is 0.167. The van der Waals surface area contributed by atoms with Crippen LogP contribution in [0, 0.1) is 11.3 Å². The van der Waals surface area contributed by atoms with E-state index in [-0.39, 0.29) is 21.9 Å². The number of benzene rings is 1. The highest BCUT2D eigenvalue weighted by Crippen LogP contribution is 2.26. The molecule has 0 saturated carbocycles. The molecule has 1 amide bonds. The number of hydrogen-bond donors (Lipinski definition) is 1. The van der Waals surface area contributed by atoms with Crippen LogP contribution in [0.2, 0.25) is 5.02 Å². The van der Waals surface area contributed by atoms with Gasteiger partial charge < -0.3 is 10.1 Å². The molecule has 0 fully saturated rings. The van der Waals surface area contributed by atoms with Crippen molar-refractivity contribution < 1.29 is 18.3 Å². The van der Waals surface area contributed by atoms with E-state index in [0.717, 1.165) is 6.08 Å². The Morgan fingerprint density at radius 2 is 2.26 bits per heavy atom. The molecule has 7 heteroatoms. The van der Waals surface area contributed by atoms with Crippen LogP contribution in [0.15, 0.2) is 23.8 Å². The van der Waals surface area contributed by atoms with Gasteiger partial charge in [0.25, 0.3) is 5.91 Å². The maximum Gasteiger partial charge on any atom is 0.387 e. The van der Waals surface area contributed by atoms with Crippen molar-refractivity contribution in [3.05, 3.63) is 34.4 Å². The Labute approximate surface area is 113 Å². The maximum atomic E-state index is 12.2. The molecule has 1 N–H and O–H groups in total. The Morgan fingerprint density at radius 3 is 2.79 bits per heavy atom. The van der Waals surface area contributed by atoms with Gasteiger partial charge in [-0.15, -0.1) is 0 Å². The maximum absolute atomic E-state index is 12.2. The zero-order chi connectivity index (χ0) is 14.4. The van der Waals surface area contributed by atoms with Gasteiger partial charge in [-0.3, -0.25) is 4.79 Å². The van der Waals surface area contributed by atoms with E-state index in [4.69, 9.17) is 16.9 Å². The number of amides is 1. The summed E-state index contributed by atoms with van der Waals surface area (Å²) in [6.07, 6.45) is 1.13. The summed E-state index contributed by atoms with van der Waals surface area (Å²) in [5, 5.41) is 11.4. The molecule has 0 saturated heterocycles. The van der Waals surface area contributed by atoms with E-state index in [0.29, 0.717) is 0 Å². The summed E-state index contributed by atoms with van der Waals surface area (Å²) in [5.74, 6) is -0.804. The third-order valence-corrected chi connectivity index (χ3v) is 2.31. The van der Waals surface area contributed by atoms with Crippen LogP contribution in [0.5, 0.6) is 5.75 Å². The molecule has 0 heterocycles. The van der Waals surface area contributed by atoms with Crippen molar-refractivity contribution in [1.82, 2.24) is 5.32 Å². The molecule has 0 aromatic heterocycles. The van der Waals surface area contributed by atoms with Crippen molar-refractivity contribution in [1.29, 1.82) is 5.26 Å². The highest BCUT2D eigenvalue weighted by atomic mass is 35.5. The van der Waals surface area contributed by atoms with Crippen molar-refractivity contribution in [2.45, 2.75) is 6.61 Å². The Morgan fingerprint density at radius 1 is 1.58 bits per heavy atom. The number of carbonyl (C=O) groups is 1. The quantitative estimate of drug-likeness (QED) is 0.683. The Kier molecular flexibility index (Phi) is 5.27. The molecule has 1 rings (SSSR count). The van der Waals surface area contributed by atoms with Crippen LogP contribution in [-0.2, 0) is 4.79 Å². The fourth-order valence-electron chi connectivity index (χ4n) is 1.27. The highest BCUT2D eigenvalue weighted by molar-refractivity contribution is 6.30. The smallest absolute Gasteiger partial charge is 0.387 e. The van der Waals surface area contributed by atoms with Crippen LogP contribution >= 0.6 is 11.6 Å². The third kappa shape index (κ3) is 4.23. The number of nitrogens with zero attached hydrogens (tertiary/aromatic N) is 1. The Balaban J connectivity index is 3.24. The molecule has 0 aliphatic heterocycles. The lowest BCUT2D eigenvalue weighted by Gasteiger charge is -2.08. The van der Waals surface area contributed by atoms with Crippen molar-refractivity contribution >= 4 is 23.6 Å². The van der Waals surface area contributed by atoms with Crippen LogP contribution in [0.25, 0.3) is 6.08 Å². The first-order valence-corrected chi connectivity index (χ1v) is 5.44. The number of halogens is 3. The van der Waals surface area contributed by atoms with Gasteiger partial charge in [0.2, 0.25) is 0 Å². The van der Waals surface area contributed by atoms with Crippen LogP contribution in [0.3, 0.4) is 0 Å². The number of ether oxygens (including phenoxy) is 1. The Hall–Kier alpha value is -2.13. The molecule has 1 aromatic carbocycles. The topological polar surface area (TPSA) is 62.1 Å². The minimum Gasteiger partial charge on any atom is -0.434 e. The van der Waals surface area contributed by atoms with E-state index >= 15 is 0 Å². The summed E-state index contributed by atoms with van der Waals surface area (Å²) < 4.78 is 28.7. The number of carbonyl (C=O) groups excluding carboxylic acids is 1. The second-order valence-corrected chi connectivity index (χ2v) is 3.75. The summed E-state index contributed by atoms with van der Waals surface area (Å²) in [5.41, 5.74) is -0.128. The second kappa shape index (κ2) is 6.71. The van der Waals surface area contributed by atoms with Gasteiger partial charge >= 0.3 is 6.61 Å². The van der Waals surface area contributed by atoms with E-state index in [1.54, 1.807) is 6.07 Å². The molecule has 0 unspecified atom stereocenters. The summed E-state index contributed by atoms with van der Waals surface area (Å²) in [7, 11) is 1.35. The average molecular weight is 287 g/mol. The van der Waals surface area contributed by atoms with Crippen molar-refractivity contribution in [3.63, 3.8) is 0 Å². The number of likely N-dealkylation sites (N-methyl/N-ethyl adjacent to an activating group) is 1. The lowest BCUT2D eigenvalue weighted by Crippen LogP contribution is -2.19. The summed E-state index contributed by atoms with van der Waals surface area (Å²) in [4.78, 5) is 11.3. The number of alkyl halides is 2. The van der Waals surface area contributed by atoms with Gasteiger partial charge in [-0.1, -0.05) is 11.6 Å². The molecule has 1 aromatic rings. The van der Waals surface area contributed by atoms with Crippen molar-refractivity contribution in [3.8, 4) is 11.8 Å². The number of rotatable bonds is 4. The first-order valence-electron chi connectivity index (χ1n) is 5.06. The second-order valence-electron chi connectivity index (χ2n) is 3.31. The molecule has 19 heavy (non-hydrogen) atoms. The first-order chi connectivity index (χ1) is 8.97. The van der Waals surface area contributed by atoms with Gasteiger partial charge in [0.05, 0.1) is 0 Å². The molecule has 0 spiro atoms. The molecule has 0 aliphatic carbocycles. The van der Waals surface area contributed by atoms with Gasteiger partial charge in [-0.05, 0) is 24.3 Å². The van der Waals surface area contributed by atoms with Gasteiger partial charge in [-0.25, -0.2) is 0 Å². The predicted molar refractivity (Wildman–Crippen MR) is 65.7 cm³/mol. The molecule has 0 aliphatic rings. The van der Waals surface area contributed by atoms with Gasteiger partial charge in [0.1, 0.15) is 17.4 Å². The predicted octanol–water partition coefficient (Wildman–Crippen LogP) is 2.59. The fourth-order valence-corrected chi connectivity index (χ4v) is 1.45. The lowest BCUT2D eigenvalue weighted by molar-refractivity contribution is -0.116. The van der Waals surface area contributed by atoms with E-state index < -0.39 is 12.5 Å². The van der Waals surface area contributed by atoms with Crippen LogP contribution < -0.4 is 10.1 Å². The van der Waals surface area contributed by atoms with Gasteiger partial charge in [0, 0.05) is 17.6 Å². The van der Waals surface area contributed by atoms with Crippen LogP contribution in [-0.4, -0.2) is 19.6 Å². The minimum absolute atomic E-state index is 0.118. The monoisotopic (exact) mass is 286 g/mol. The summed E-state index contributed by atoms with van der Waals surface area (Å²) in [6.45, 7) is -3.01. The normalized spacial score (nSPS) is 11.1. The number of nitrogens with one attached hydrogen (secondary N) is 1. The molecule has 100 valence electrons. The van der Waals surface area contributed by atoms with E-state index in [1.165, 1.54) is 25.2 Å². The minimum atomic E-state index is -3.01. The largest absolute Gasteiger partial charge is 0.434 e. The molecule has 0 atom stereocenters. The van der Waals surface area contributed by atoms with Crippen molar-refractivity contribution in [2.75, 3.05) is 7.05 Å². The molecule has 4 nitrogen and oxygen atoms in total. The van der Waals surface area contributed by atoms with Gasteiger partial charge in [-0.2, -0.15) is 14.0 Å². The standard InChI is InChI=1S/C12H9ClF2N2O2/c1-17-11(18)8(6-16)4-7-5-9(13)2-3-10(7)19-12(14)15/h2-5,12H,1H3,(H,17,18)/b8-4+. The summed E-state index contributed by atoms with van der Waals surface area (Å²) in [6, 6.07) is 5.58. The number of hydrogen-bond acceptors (Lipinski definition) is 3. The molecule has 0 bridgehead atoms. The van der Waals surface area contributed by atoms with Crippen molar-refractivity contribution in [2.24, 2.45) is 0 Å². The van der Waals surface area contributed by atoms with Gasteiger partial charge in [0.15, 0.2) is 0 Å². The Bertz CT molecular complexity index is 553. The number of nitriles is 1.